The molecule has 0 spiro atoms. The molecule has 0 saturated carbocycles. The minimum absolute atomic E-state index is 0.205. The molecular weight excluding hydrogens is 332 g/mol. The molecule has 23 heavy (non-hydrogen) atoms. The van der Waals surface area contributed by atoms with Crippen molar-refractivity contribution in [3.05, 3.63) is 53.1 Å². The molecule has 0 atom stereocenters. The summed E-state index contributed by atoms with van der Waals surface area (Å²) >= 11 is 7.25. The first-order valence-electron chi connectivity index (χ1n) is 7.26. The van der Waals surface area contributed by atoms with Crippen molar-refractivity contribution in [1.82, 2.24) is 4.98 Å². The molecule has 1 heterocycles. The Labute approximate surface area is 143 Å². The molecule has 0 aliphatic rings. The highest BCUT2D eigenvalue weighted by atomic mass is 35.5. The van der Waals surface area contributed by atoms with E-state index in [0.29, 0.717) is 22.3 Å². The number of aromatic nitrogens is 1. The Balaban J connectivity index is 1.77. The Morgan fingerprint density at radius 3 is 2.78 bits per heavy atom. The van der Waals surface area contributed by atoms with E-state index in [2.05, 4.69) is 17.2 Å². The summed E-state index contributed by atoms with van der Waals surface area (Å²) in [6.45, 7) is 2.75. The molecule has 3 aromatic rings. The lowest BCUT2D eigenvalue weighted by Crippen LogP contribution is -2.11. The van der Waals surface area contributed by atoms with Crippen LogP contribution in [0.3, 0.4) is 0 Å². The predicted molar refractivity (Wildman–Crippen MR) is 94.8 cm³/mol. The van der Waals surface area contributed by atoms with Crippen LogP contribution < -0.4 is 10.1 Å². The molecule has 0 aliphatic heterocycles. The predicted octanol–water partition coefficient (Wildman–Crippen LogP) is 4.99. The molecule has 0 fully saturated rings. The second kappa shape index (κ2) is 6.98. The fourth-order valence-electron chi connectivity index (χ4n) is 2.04. The average Bonchev–Trinajstić information content (AvgIpc) is 2.94. The van der Waals surface area contributed by atoms with E-state index in [9.17, 15) is 4.79 Å². The summed E-state index contributed by atoms with van der Waals surface area (Å²) in [6.07, 6.45) is 0.961. The Morgan fingerprint density at radius 2 is 2.04 bits per heavy atom. The number of benzene rings is 2. The second-order valence-corrected chi connectivity index (χ2v) is 6.43. The molecule has 1 aromatic heterocycles. The van der Waals surface area contributed by atoms with E-state index in [1.165, 1.54) is 11.3 Å². The molecule has 3 rings (SSSR count). The van der Waals surface area contributed by atoms with Gasteiger partial charge < -0.3 is 4.74 Å². The van der Waals surface area contributed by atoms with Gasteiger partial charge in [0.1, 0.15) is 5.75 Å². The number of fused-ring (bicyclic) bond motifs is 1. The van der Waals surface area contributed by atoms with Crippen LogP contribution in [-0.4, -0.2) is 17.5 Å². The minimum atomic E-state index is -0.205. The third kappa shape index (κ3) is 3.81. The van der Waals surface area contributed by atoms with E-state index in [4.69, 9.17) is 16.3 Å². The molecule has 0 bridgehead atoms. The van der Waals surface area contributed by atoms with Gasteiger partial charge in [-0.2, -0.15) is 0 Å². The number of hydrogen-bond donors (Lipinski definition) is 1. The Hall–Kier alpha value is -2.11. The van der Waals surface area contributed by atoms with Crippen LogP contribution >= 0.6 is 22.9 Å². The van der Waals surface area contributed by atoms with E-state index in [-0.39, 0.29) is 5.91 Å². The van der Waals surface area contributed by atoms with Gasteiger partial charge in [-0.25, -0.2) is 4.98 Å². The molecule has 118 valence electrons. The number of thiazole rings is 1. The lowest BCUT2D eigenvalue weighted by atomic mass is 10.2. The van der Waals surface area contributed by atoms with Crippen molar-refractivity contribution in [2.75, 3.05) is 11.9 Å². The van der Waals surface area contributed by atoms with Gasteiger partial charge in [-0.3, -0.25) is 10.1 Å². The molecule has 0 aliphatic carbocycles. The van der Waals surface area contributed by atoms with Crippen LogP contribution in [0.25, 0.3) is 10.2 Å². The third-order valence-electron chi connectivity index (χ3n) is 3.16. The summed E-state index contributed by atoms with van der Waals surface area (Å²) in [7, 11) is 0. The highest BCUT2D eigenvalue weighted by Gasteiger charge is 2.10. The number of halogens is 1. The number of carbonyl (C=O) groups is 1. The minimum Gasteiger partial charge on any atom is -0.494 e. The topological polar surface area (TPSA) is 51.2 Å². The maximum Gasteiger partial charge on any atom is 0.257 e. The van der Waals surface area contributed by atoms with Crippen molar-refractivity contribution in [3.8, 4) is 5.75 Å². The average molecular weight is 347 g/mol. The van der Waals surface area contributed by atoms with Crippen molar-refractivity contribution in [1.29, 1.82) is 0 Å². The van der Waals surface area contributed by atoms with Gasteiger partial charge in [-0.1, -0.05) is 29.9 Å². The molecule has 1 amide bonds. The van der Waals surface area contributed by atoms with E-state index in [0.717, 1.165) is 22.4 Å². The first-order chi connectivity index (χ1) is 11.2. The van der Waals surface area contributed by atoms with Crippen molar-refractivity contribution in [2.45, 2.75) is 13.3 Å². The first kappa shape index (κ1) is 15.8. The van der Waals surface area contributed by atoms with Crippen LogP contribution in [0.1, 0.15) is 23.7 Å². The number of rotatable bonds is 5. The first-order valence-corrected chi connectivity index (χ1v) is 8.45. The molecular formula is C17H15ClN2O2S. The van der Waals surface area contributed by atoms with Gasteiger partial charge in [0.25, 0.3) is 5.91 Å². The molecule has 0 saturated heterocycles. The van der Waals surface area contributed by atoms with Crippen LogP contribution in [0.5, 0.6) is 5.75 Å². The van der Waals surface area contributed by atoms with Gasteiger partial charge in [0, 0.05) is 10.6 Å². The van der Waals surface area contributed by atoms with E-state index in [1.54, 1.807) is 24.3 Å². The van der Waals surface area contributed by atoms with Gasteiger partial charge in [0.15, 0.2) is 5.13 Å². The van der Waals surface area contributed by atoms with Crippen LogP contribution in [0, 0.1) is 0 Å². The molecule has 0 unspecified atom stereocenters. The number of ether oxygens (including phenoxy) is 1. The van der Waals surface area contributed by atoms with E-state index < -0.39 is 0 Å². The van der Waals surface area contributed by atoms with Gasteiger partial charge >= 0.3 is 0 Å². The number of carbonyl (C=O) groups excluding carboxylic acids is 1. The number of nitrogens with one attached hydrogen (secondary N) is 1. The zero-order chi connectivity index (χ0) is 16.2. The van der Waals surface area contributed by atoms with Crippen molar-refractivity contribution >= 4 is 44.2 Å². The zero-order valence-corrected chi connectivity index (χ0v) is 14.1. The molecule has 1 N–H and O–H groups in total. The lowest BCUT2D eigenvalue weighted by Gasteiger charge is -2.02. The summed E-state index contributed by atoms with van der Waals surface area (Å²) in [5, 5.41) is 3.98. The van der Waals surface area contributed by atoms with Crippen LogP contribution in [0.15, 0.2) is 42.5 Å². The summed E-state index contributed by atoms with van der Waals surface area (Å²) in [5.41, 5.74) is 1.38. The van der Waals surface area contributed by atoms with E-state index >= 15 is 0 Å². The van der Waals surface area contributed by atoms with Gasteiger partial charge in [0.05, 0.1) is 16.8 Å². The highest BCUT2D eigenvalue weighted by molar-refractivity contribution is 7.22. The number of anilines is 1. The van der Waals surface area contributed by atoms with Gasteiger partial charge in [0.2, 0.25) is 0 Å². The van der Waals surface area contributed by atoms with E-state index in [1.807, 2.05) is 18.2 Å². The molecule has 4 nitrogen and oxygen atoms in total. The summed E-state index contributed by atoms with van der Waals surface area (Å²) in [6, 6.07) is 12.5. The molecule has 0 radical (unpaired) electrons. The highest BCUT2D eigenvalue weighted by Crippen LogP contribution is 2.29. The summed E-state index contributed by atoms with van der Waals surface area (Å²) in [4.78, 5) is 16.6. The monoisotopic (exact) mass is 346 g/mol. The molecule has 2 aromatic carbocycles. The van der Waals surface area contributed by atoms with Crippen LogP contribution in [0.4, 0.5) is 5.13 Å². The number of hydrogen-bond acceptors (Lipinski definition) is 4. The van der Waals surface area contributed by atoms with Crippen molar-refractivity contribution in [2.24, 2.45) is 0 Å². The quantitative estimate of drug-likeness (QED) is 0.708. The molecule has 6 heteroatoms. The largest absolute Gasteiger partial charge is 0.494 e. The standard InChI is InChI=1S/C17H15ClN2O2S/c1-2-9-22-13-7-8-14-15(10-13)23-17(19-14)20-16(21)11-3-5-12(18)6-4-11/h3-8,10H,2,9H2,1H3,(H,19,20,21). The van der Waals surface area contributed by atoms with Crippen molar-refractivity contribution < 1.29 is 9.53 Å². The third-order valence-corrected chi connectivity index (χ3v) is 4.35. The van der Waals surface area contributed by atoms with Gasteiger partial charge in [-0.05, 0) is 48.9 Å². The number of nitrogens with zero attached hydrogens (tertiary/aromatic N) is 1. The zero-order valence-electron chi connectivity index (χ0n) is 12.5. The second-order valence-electron chi connectivity index (χ2n) is 4.96. The van der Waals surface area contributed by atoms with Crippen LogP contribution in [0.2, 0.25) is 5.02 Å². The number of amides is 1. The van der Waals surface area contributed by atoms with Gasteiger partial charge in [-0.15, -0.1) is 0 Å². The lowest BCUT2D eigenvalue weighted by molar-refractivity contribution is 0.102. The SMILES string of the molecule is CCCOc1ccc2nc(NC(=O)c3ccc(Cl)cc3)sc2c1. The fraction of sp³-hybridized carbons (Fsp3) is 0.176. The van der Waals surface area contributed by atoms with Crippen LogP contribution in [-0.2, 0) is 0 Å². The Bertz CT molecular complexity index is 830. The normalized spacial score (nSPS) is 10.7. The maximum atomic E-state index is 12.2. The summed E-state index contributed by atoms with van der Waals surface area (Å²) in [5.74, 6) is 0.613. The smallest absolute Gasteiger partial charge is 0.257 e. The maximum absolute atomic E-state index is 12.2. The fourth-order valence-corrected chi connectivity index (χ4v) is 3.05. The van der Waals surface area contributed by atoms with Crippen molar-refractivity contribution in [3.63, 3.8) is 0 Å². The Kier molecular flexibility index (Phi) is 4.79. The summed E-state index contributed by atoms with van der Waals surface area (Å²) < 4.78 is 6.59. The Morgan fingerprint density at radius 1 is 1.26 bits per heavy atom.